The number of esters is 1. The zero-order chi connectivity index (χ0) is 19.3. The van der Waals surface area contributed by atoms with Crippen molar-refractivity contribution >= 4 is 23.6 Å². The second-order valence-electron chi connectivity index (χ2n) is 6.99. The van der Waals surface area contributed by atoms with Gasteiger partial charge < -0.3 is 10.1 Å². The Balaban J connectivity index is 1.93. The second kappa shape index (κ2) is 8.40. The molecule has 0 fully saturated rings. The fourth-order valence-electron chi connectivity index (χ4n) is 2.43. The summed E-state index contributed by atoms with van der Waals surface area (Å²) in [5.41, 5.74) is 2.45. The zero-order valence-corrected chi connectivity index (χ0v) is 16.6. The molecule has 1 N–H and O–H groups in total. The van der Waals surface area contributed by atoms with Gasteiger partial charge in [0.2, 0.25) is 0 Å². The molecule has 0 unspecified atom stereocenters. The lowest BCUT2D eigenvalue weighted by Gasteiger charge is -2.20. The molecule has 26 heavy (non-hydrogen) atoms. The van der Waals surface area contributed by atoms with Gasteiger partial charge in [0.05, 0.1) is 27.7 Å². The van der Waals surface area contributed by atoms with Crippen LogP contribution < -0.4 is 5.32 Å². The predicted molar refractivity (Wildman–Crippen MR) is 103 cm³/mol. The molecule has 1 aromatic heterocycles. The minimum atomic E-state index is -0.426. The van der Waals surface area contributed by atoms with Crippen molar-refractivity contribution in [3.63, 3.8) is 0 Å². The molecule has 0 aliphatic heterocycles. The summed E-state index contributed by atoms with van der Waals surface area (Å²) >= 11 is 1.37. The normalized spacial score (nSPS) is 11.3. The highest BCUT2D eigenvalue weighted by Crippen LogP contribution is 2.27. The quantitative estimate of drug-likeness (QED) is 0.621. The van der Waals surface area contributed by atoms with Crippen LogP contribution in [0.5, 0.6) is 0 Å². The Bertz CT molecular complexity index is 779. The highest BCUT2D eigenvalue weighted by atomic mass is 32.2. The summed E-state index contributed by atoms with van der Waals surface area (Å²) in [5, 5.41) is 7.30. The number of aryl methyl sites for hydroxylation is 1. The molecule has 0 aliphatic rings. The molecule has 1 amide bonds. The molecule has 0 saturated heterocycles. The number of nitrogens with one attached hydrogen (secondary N) is 1. The van der Waals surface area contributed by atoms with Crippen molar-refractivity contribution in [3.05, 3.63) is 41.7 Å². The lowest BCUT2D eigenvalue weighted by molar-refractivity contribution is -0.146. The van der Waals surface area contributed by atoms with E-state index in [1.807, 2.05) is 69.6 Å². The van der Waals surface area contributed by atoms with Crippen LogP contribution in [0.4, 0.5) is 0 Å². The molecule has 2 aromatic rings. The van der Waals surface area contributed by atoms with E-state index >= 15 is 0 Å². The Labute approximate surface area is 158 Å². The molecule has 140 valence electrons. The van der Waals surface area contributed by atoms with E-state index in [-0.39, 0.29) is 23.8 Å². The van der Waals surface area contributed by atoms with Gasteiger partial charge in [-0.15, -0.1) is 11.8 Å². The number of nitrogens with zero attached hydrogens (tertiary/aromatic N) is 2. The minimum Gasteiger partial charge on any atom is -0.455 e. The summed E-state index contributed by atoms with van der Waals surface area (Å²) in [6.45, 7) is 9.24. The summed E-state index contributed by atoms with van der Waals surface area (Å²) in [7, 11) is 0. The van der Waals surface area contributed by atoms with Crippen LogP contribution in [0.2, 0.25) is 0 Å². The van der Waals surface area contributed by atoms with Crippen molar-refractivity contribution in [1.29, 1.82) is 0 Å². The highest BCUT2D eigenvalue weighted by molar-refractivity contribution is 8.00. The van der Waals surface area contributed by atoms with Gasteiger partial charge in [-0.2, -0.15) is 5.10 Å². The molecule has 0 atom stereocenters. The fraction of sp³-hybridized carbons (Fsp3) is 0.421. The summed E-state index contributed by atoms with van der Waals surface area (Å²) in [5.74, 6) is -0.601. The molecule has 0 radical (unpaired) electrons. The molecule has 1 aromatic carbocycles. The third-order valence-corrected chi connectivity index (χ3v) is 4.70. The molecule has 0 saturated carbocycles. The number of rotatable bonds is 6. The molecule has 7 heteroatoms. The van der Waals surface area contributed by atoms with Crippen LogP contribution in [0, 0.1) is 13.8 Å². The van der Waals surface area contributed by atoms with Gasteiger partial charge in [-0.1, -0.05) is 18.2 Å². The van der Waals surface area contributed by atoms with Crippen LogP contribution in [0.1, 0.15) is 32.2 Å². The van der Waals surface area contributed by atoms with Crippen LogP contribution in [-0.4, -0.2) is 39.6 Å². The van der Waals surface area contributed by atoms with E-state index in [2.05, 4.69) is 10.4 Å². The first-order chi connectivity index (χ1) is 12.2. The van der Waals surface area contributed by atoms with E-state index in [1.54, 1.807) is 0 Å². The third-order valence-electron chi connectivity index (χ3n) is 3.44. The standard InChI is InChI=1S/C19H25N3O3S/c1-13-18(14(2)22(21-13)15-9-7-6-8-10-15)26-12-17(24)25-11-16(23)20-19(3,4)5/h6-10H,11-12H2,1-5H3,(H,20,23). The molecular formula is C19H25N3O3S. The summed E-state index contributed by atoms with van der Waals surface area (Å²) < 4.78 is 6.90. The van der Waals surface area contributed by atoms with Crippen LogP contribution in [-0.2, 0) is 14.3 Å². The minimum absolute atomic E-state index is 0.130. The van der Waals surface area contributed by atoms with Crippen molar-refractivity contribution in [2.24, 2.45) is 0 Å². The van der Waals surface area contributed by atoms with E-state index in [0.717, 1.165) is 22.0 Å². The van der Waals surface area contributed by atoms with Crippen LogP contribution in [0.3, 0.4) is 0 Å². The van der Waals surface area contributed by atoms with Gasteiger partial charge >= 0.3 is 5.97 Å². The van der Waals surface area contributed by atoms with Gasteiger partial charge in [-0.3, -0.25) is 9.59 Å². The second-order valence-corrected chi connectivity index (χ2v) is 7.98. The average molecular weight is 375 g/mol. The van der Waals surface area contributed by atoms with E-state index in [9.17, 15) is 9.59 Å². The van der Waals surface area contributed by atoms with Gasteiger partial charge in [-0.25, -0.2) is 4.68 Å². The molecule has 2 rings (SSSR count). The number of carbonyl (C=O) groups is 2. The van der Waals surface area contributed by atoms with Gasteiger partial charge in [0.25, 0.3) is 5.91 Å². The number of carbonyl (C=O) groups excluding carboxylic acids is 2. The van der Waals surface area contributed by atoms with Gasteiger partial charge in [0, 0.05) is 5.54 Å². The maximum Gasteiger partial charge on any atom is 0.316 e. The van der Waals surface area contributed by atoms with Crippen LogP contribution in [0.15, 0.2) is 35.2 Å². The van der Waals surface area contributed by atoms with Crippen LogP contribution >= 0.6 is 11.8 Å². The molecule has 0 spiro atoms. The van der Waals surface area contributed by atoms with E-state index in [0.29, 0.717) is 0 Å². The van der Waals surface area contributed by atoms with Crippen molar-refractivity contribution < 1.29 is 14.3 Å². The maximum absolute atomic E-state index is 11.9. The number of aromatic nitrogens is 2. The van der Waals surface area contributed by atoms with Crippen LogP contribution in [0.25, 0.3) is 5.69 Å². The summed E-state index contributed by atoms with van der Waals surface area (Å²) in [6.07, 6.45) is 0. The number of amides is 1. The number of thioether (sulfide) groups is 1. The third kappa shape index (κ3) is 5.62. The Hall–Kier alpha value is -2.28. The summed E-state index contributed by atoms with van der Waals surface area (Å²) in [6, 6.07) is 9.83. The topological polar surface area (TPSA) is 73.2 Å². The first kappa shape index (κ1) is 20.0. The number of hydrogen-bond donors (Lipinski definition) is 1. The largest absolute Gasteiger partial charge is 0.455 e. The first-order valence-electron chi connectivity index (χ1n) is 8.38. The van der Waals surface area contributed by atoms with Gasteiger partial charge in [0.1, 0.15) is 0 Å². The number of benzene rings is 1. The predicted octanol–water partition coefficient (Wildman–Crippen LogP) is 3.04. The molecular weight excluding hydrogens is 350 g/mol. The monoisotopic (exact) mass is 375 g/mol. The van der Waals surface area contributed by atoms with E-state index in [1.165, 1.54) is 11.8 Å². The average Bonchev–Trinajstić information content (AvgIpc) is 2.85. The zero-order valence-electron chi connectivity index (χ0n) is 15.8. The fourth-order valence-corrected chi connectivity index (χ4v) is 3.32. The SMILES string of the molecule is Cc1nn(-c2ccccc2)c(C)c1SCC(=O)OCC(=O)NC(C)(C)C. The number of para-hydroxylation sites is 1. The van der Waals surface area contributed by atoms with E-state index < -0.39 is 5.97 Å². The Morgan fingerprint density at radius 2 is 1.85 bits per heavy atom. The maximum atomic E-state index is 11.9. The van der Waals surface area contributed by atoms with Crippen molar-refractivity contribution in [2.45, 2.75) is 45.1 Å². The Morgan fingerprint density at radius 1 is 1.19 bits per heavy atom. The Morgan fingerprint density at radius 3 is 2.46 bits per heavy atom. The first-order valence-corrected chi connectivity index (χ1v) is 9.37. The highest BCUT2D eigenvalue weighted by Gasteiger charge is 2.17. The van der Waals surface area contributed by atoms with Crippen molar-refractivity contribution in [2.75, 3.05) is 12.4 Å². The lowest BCUT2D eigenvalue weighted by Crippen LogP contribution is -2.42. The van der Waals surface area contributed by atoms with Crippen molar-refractivity contribution in [1.82, 2.24) is 15.1 Å². The van der Waals surface area contributed by atoms with Gasteiger partial charge in [0.15, 0.2) is 6.61 Å². The number of hydrogen-bond acceptors (Lipinski definition) is 5. The molecule has 1 heterocycles. The smallest absolute Gasteiger partial charge is 0.316 e. The molecule has 6 nitrogen and oxygen atoms in total. The van der Waals surface area contributed by atoms with Crippen molar-refractivity contribution in [3.8, 4) is 5.69 Å². The molecule has 0 aliphatic carbocycles. The van der Waals surface area contributed by atoms with Gasteiger partial charge in [-0.05, 0) is 46.8 Å². The number of ether oxygens (including phenoxy) is 1. The summed E-state index contributed by atoms with van der Waals surface area (Å²) in [4.78, 5) is 24.6. The lowest BCUT2D eigenvalue weighted by atomic mass is 10.1. The molecule has 0 bridgehead atoms. The van der Waals surface area contributed by atoms with E-state index in [4.69, 9.17) is 4.74 Å². The Kier molecular flexibility index (Phi) is 6.47.